The molecule has 0 fully saturated rings. The zero-order valence-electron chi connectivity index (χ0n) is 10.7. The van der Waals surface area contributed by atoms with Crippen LogP contribution in [0.2, 0.25) is 0 Å². The van der Waals surface area contributed by atoms with Crippen LogP contribution in [0.1, 0.15) is 48.0 Å². The van der Waals surface area contributed by atoms with E-state index in [0.717, 1.165) is 5.92 Å². The molecule has 0 radical (unpaired) electrons. The Morgan fingerprint density at radius 1 is 1.29 bits per heavy atom. The molecule has 84 valence electrons. The highest BCUT2D eigenvalue weighted by Crippen LogP contribution is 2.20. The molecule has 0 spiro atoms. The van der Waals surface area contributed by atoms with E-state index in [0.29, 0.717) is 5.41 Å². The highest BCUT2D eigenvalue weighted by molar-refractivity contribution is 7.99. The largest absolute Gasteiger partial charge is 0.161 e. The predicted octanol–water partition coefficient (Wildman–Crippen LogP) is 4.76. The fraction of sp³-hybridized carbons (Fsp3) is 0.846. The summed E-state index contributed by atoms with van der Waals surface area (Å²) in [6.45, 7) is 13.6. The molecule has 0 bridgehead atoms. The molecule has 0 aliphatic carbocycles. The second-order valence-electron chi connectivity index (χ2n) is 5.58. The van der Waals surface area contributed by atoms with E-state index < -0.39 is 0 Å². The summed E-state index contributed by atoms with van der Waals surface area (Å²) in [6.07, 6.45) is 3.64. The maximum atomic E-state index is 2.39. The standard InChI is InChI=1S/C13H26S/c1-11(2)10-14-8-7-12(3)9-13(4,5)6/h9,11H,7-8,10H2,1-6H3/b12-9-. The molecule has 0 N–H and O–H groups in total. The molecule has 0 atom stereocenters. The molecule has 0 saturated carbocycles. The van der Waals surface area contributed by atoms with E-state index in [1.54, 1.807) is 0 Å². The lowest BCUT2D eigenvalue weighted by molar-refractivity contribution is 0.538. The zero-order valence-corrected chi connectivity index (χ0v) is 11.5. The Kier molecular flexibility index (Phi) is 6.59. The Balaban J connectivity index is 3.64. The van der Waals surface area contributed by atoms with E-state index in [9.17, 15) is 0 Å². The smallest absolute Gasteiger partial charge is 0.00302 e. The minimum atomic E-state index is 0.340. The lowest BCUT2D eigenvalue weighted by Crippen LogP contribution is -2.01. The molecule has 0 aromatic rings. The average Bonchev–Trinajstić information content (AvgIpc) is 1.94. The third kappa shape index (κ3) is 10.2. The Bertz CT molecular complexity index is 172. The van der Waals surface area contributed by atoms with Crippen molar-refractivity contribution in [2.45, 2.75) is 48.0 Å². The first-order valence-corrected chi connectivity index (χ1v) is 6.73. The Morgan fingerprint density at radius 3 is 2.29 bits per heavy atom. The summed E-state index contributed by atoms with van der Waals surface area (Å²) in [5, 5.41) is 0. The minimum Gasteiger partial charge on any atom is -0.161 e. The minimum absolute atomic E-state index is 0.340. The quantitative estimate of drug-likeness (QED) is 0.470. The van der Waals surface area contributed by atoms with Crippen molar-refractivity contribution >= 4 is 11.8 Å². The summed E-state index contributed by atoms with van der Waals surface area (Å²) in [7, 11) is 0. The summed E-state index contributed by atoms with van der Waals surface area (Å²) in [4.78, 5) is 0. The molecule has 0 aromatic heterocycles. The van der Waals surface area contributed by atoms with E-state index in [4.69, 9.17) is 0 Å². The second-order valence-corrected chi connectivity index (χ2v) is 6.73. The lowest BCUT2D eigenvalue weighted by atomic mass is 9.93. The van der Waals surface area contributed by atoms with Crippen LogP contribution in [-0.4, -0.2) is 11.5 Å². The maximum Gasteiger partial charge on any atom is -0.00302 e. The van der Waals surface area contributed by atoms with Gasteiger partial charge < -0.3 is 0 Å². The summed E-state index contributed by atoms with van der Waals surface area (Å²) < 4.78 is 0. The van der Waals surface area contributed by atoms with Crippen molar-refractivity contribution in [2.75, 3.05) is 11.5 Å². The monoisotopic (exact) mass is 214 g/mol. The highest BCUT2D eigenvalue weighted by Gasteiger charge is 2.05. The number of thioether (sulfide) groups is 1. The van der Waals surface area contributed by atoms with Crippen LogP contribution in [0.3, 0.4) is 0 Å². The van der Waals surface area contributed by atoms with Gasteiger partial charge in [-0.15, -0.1) is 0 Å². The van der Waals surface area contributed by atoms with Crippen LogP contribution in [0.15, 0.2) is 11.6 Å². The SMILES string of the molecule is C/C(=C/C(C)(C)C)CCSCC(C)C. The van der Waals surface area contributed by atoms with Gasteiger partial charge in [-0.1, -0.05) is 46.3 Å². The van der Waals surface area contributed by atoms with Gasteiger partial charge in [-0.25, -0.2) is 0 Å². The van der Waals surface area contributed by atoms with Crippen molar-refractivity contribution < 1.29 is 0 Å². The maximum absolute atomic E-state index is 2.39. The van der Waals surface area contributed by atoms with Gasteiger partial charge in [0.05, 0.1) is 0 Å². The third-order valence-electron chi connectivity index (χ3n) is 1.77. The second kappa shape index (κ2) is 6.55. The molecule has 0 unspecified atom stereocenters. The molecule has 0 aliphatic heterocycles. The van der Waals surface area contributed by atoms with Gasteiger partial charge in [0.2, 0.25) is 0 Å². The fourth-order valence-corrected chi connectivity index (χ4v) is 2.47. The van der Waals surface area contributed by atoms with Gasteiger partial charge in [-0.3, -0.25) is 0 Å². The van der Waals surface area contributed by atoms with Crippen LogP contribution in [0.5, 0.6) is 0 Å². The molecule has 0 aromatic carbocycles. The van der Waals surface area contributed by atoms with E-state index >= 15 is 0 Å². The Morgan fingerprint density at radius 2 is 1.86 bits per heavy atom. The van der Waals surface area contributed by atoms with Gasteiger partial charge in [-0.2, -0.15) is 11.8 Å². The molecule has 0 nitrogen and oxygen atoms in total. The van der Waals surface area contributed by atoms with Gasteiger partial charge in [0.1, 0.15) is 0 Å². The van der Waals surface area contributed by atoms with Crippen molar-refractivity contribution in [2.24, 2.45) is 11.3 Å². The predicted molar refractivity (Wildman–Crippen MR) is 70.0 cm³/mol. The van der Waals surface area contributed by atoms with Crippen LogP contribution in [0.4, 0.5) is 0 Å². The summed E-state index contributed by atoms with van der Waals surface area (Å²) in [6, 6.07) is 0. The van der Waals surface area contributed by atoms with Crippen LogP contribution in [0.25, 0.3) is 0 Å². The number of rotatable bonds is 5. The molecule has 0 rings (SSSR count). The number of hydrogen-bond acceptors (Lipinski definition) is 1. The molecule has 14 heavy (non-hydrogen) atoms. The highest BCUT2D eigenvalue weighted by atomic mass is 32.2. The van der Waals surface area contributed by atoms with Gasteiger partial charge in [-0.05, 0) is 36.2 Å². The van der Waals surface area contributed by atoms with Crippen LogP contribution in [-0.2, 0) is 0 Å². The van der Waals surface area contributed by atoms with Gasteiger partial charge in [0.15, 0.2) is 0 Å². The Labute approximate surface area is 94.6 Å². The number of allylic oxidation sites excluding steroid dienone is 2. The molecular formula is C13H26S. The van der Waals surface area contributed by atoms with E-state index in [2.05, 4.69) is 59.4 Å². The van der Waals surface area contributed by atoms with Crippen LogP contribution < -0.4 is 0 Å². The molecular weight excluding hydrogens is 188 g/mol. The zero-order chi connectivity index (χ0) is 11.2. The first kappa shape index (κ1) is 14.1. The molecule has 1 heteroatoms. The van der Waals surface area contributed by atoms with Crippen LogP contribution in [0, 0.1) is 11.3 Å². The third-order valence-corrected chi connectivity index (χ3v) is 3.17. The first-order chi connectivity index (χ1) is 6.31. The van der Waals surface area contributed by atoms with E-state index in [-0.39, 0.29) is 0 Å². The van der Waals surface area contributed by atoms with Gasteiger partial charge >= 0.3 is 0 Å². The lowest BCUT2D eigenvalue weighted by Gasteiger charge is -2.14. The molecule has 0 saturated heterocycles. The van der Waals surface area contributed by atoms with E-state index in [1.165, 1.54) is 23.5 Å². The van der Waals surface area contributed by atoms with Gasteiger partial charge in [0, 0.05) is 0 Å². The molecule has 0 heterocycles. The summed E-state index contributed by atoms with van der Waals surface area (Å²) >= 11 is 2.07. The molecule has 0 amide bonds. The summed E-state index contributed by atoms with van der Waals surface area (Å²) in [5.74, 6) is 3.39. The van der Waals surface area contributed by atoms with Crippen molar-refractivity contribution in [3.63, 3.8) is 0 Å². The van der Waals surface area contributed by atoms with E-state index in [1.807, 2.05) is 0 Å². The molecule has 0 aliphatic rings. The van der Waals surface area contributed by atoms with Crippen molar-refractivity contribution in [3.05, 3.63) is 11.6 Å². The number of hydrogen-bond donors (Lipinski definition) is 0. The Hall–Kier alpha value is 0.0900. The average molecular weight is 214 g/mol. The summed E-state index contributed by atoms with van der Waals surface area (Å²) in [5.41, 5.74) is 1.88. The fourth-order valence-electron chi connectivity index (χ4n) is 1.36. The topological polar surface area (TPSA) is 0 Å². The van der Waals surface area contributed by atoms with Crippen molar-refractivity contribution in [1.29, 1.82) is 0 Å². The van der Waals surface area contributed by atoms with Crippen molar-refractivity contribution in [1.82, 2.24) is 0 Å². The first-order valence-electron chi connectivity index (χ1n) is 5.57. The van der Waals surface area contributed by atoms with Crippen LogP contribution >= 0.6 is 11.8 Å². The van der Waals surface area contributed by atoms with Crippen molar-refractivity contribution in [3.8, 4) is 0 Å². The van der Waals surface area contributed by atoms with Gasteiger partial charge in [0.25, 0.3) is 0 Å². The normalized spacial score (nSPS) is 13.8.